The van der Waals surface area contributed by atoms with E-state index in [9.17, 15) is 9.18 Å². The normalized spacial score (nSPS) is 11.6. The highest BCUT2D eigenvalue weighted by Crippen LogP contribution is 2.34. The molecule has 0 bridgehead atoms. The topological polar surface area (TPSA) is 57.7 Å². The van der Waals surface area contributed by atoms with Gasteiger partial charge in [0.1, 0.15) is 11.6 Å². The maximum Gasteiger partial charge on any atom is 0.346 e. The zero-order valence-corrected chi connectivity index (χ0v) is 12.6. The number of benzene rings is 1. The van der Waals surface area contributed by atoms with Gasteiger partial charge in [0.15, 0.2) is 11.9 Å². The molecule has 115 valence electrons. The molecule has 1 radical (unpaired) electrons. The monoisotopic (exact) mass is 324 g/mol. The van der Waals surface area contributed by atoms with Crippen molar-refractivity contribution in [2.45, 2.75) is 13.0 Å². The second-order valence-corrected chi connectivity index (χ2v) is 4.59. The maximum absolute atomic E-state index is 13.0. The summed E-state index contributed by atoms with van der Waals surface area (Å²) in [6.07, 6.45) is 0.613. The van der Waals surface area contributed by atoms with Crippen molar-refractivity contribution in [1.82, 2.24) is 4.98 Å². The molecule has 0 N–H and O–H groups in total. The molecular weight excluding hydrogens is 313 g/mol. The van der Waals surface area contributed by atoms with Gasteiger partial charge in [-0.1, -0.05) is 11.6 Å². The Morgan fingerprint density at radius 2 is 2.23 bits per heavy atom. The highest BCUT2D eigenvalue weighted by atomic mass is 35.5. The van der Waals surface area contributed by atoms with Crippen LogP contribution >= 0.6 is 11.6 Å². The zero-order chi connectivity index (χ0) is 16.1. The summed E-state index contributed by atoms with van der Waals surface area (Å²) < 4.78 is 28.5. The van der Waals surface area contributed by atoms with E-state index in [4.69, 9.17) is 21.1 Å². The average molecular weight is 325 g/mol. The van der Waals surface area contributed by atoms with Crippen molar-refractivity contribution in [3.05, 3.63) is 47.4 Å². The molecule has 0 spiro atoms. The van der Waals surface area contributed by atoms with Gasteiger partial charge in [-0.05, 0) is 31.2 Å². The highest BCUT2D eigenvalue weighted by molar-refractivity contribution is 6.32. The maximum atomic E-state index is 13.0. The molecule has 1 atom stereocenters. The molecule has 0 saturated carbocycles. The van der Waals surface area contributed by atoms with Crippen LogP contribution in [-0.4, -0.2) is 24.2 Å². The van der Waals surface area contributed by atoms with Gasteiger partial charge in [0.25, 0.3) is 5.88 Å². The molecule has 0 aliphatic carbocycles. The largest absolute Gasteiger partial charge is 0.466 e. The molecule has 0 saturated heterocycles. The summed E-state index contributed by atoms with van der Waals surface area (Å²) in [5, 5.41) is 0.0760. The quantitative estimate of drug-likeness (QED) is 0.789. The molecule has 0 amide bonds. The van der Waals surface area contributed by atoms with Crippen LogP contribution in [0.4, 0.5) is 4.39 Å². The highest BCUT2D eigenvalue weighted by Gasteiger charge is 2.19. The number of esters is 1. The Bertz CT molecular complexity index is 680. The Kier molecular flexibility index (Phi) is 5.16. The van der Waals surface area contributed by atoms with E-state index >= 15 is 0 Å². The lowest BCUT2D eigenvalue weighted by atomic mass is 10.3. The predicted octanol–water partition coefficient (Wildman–Crippen LogP) is 3.41. The van der Waals surface area contributed by atoms with Crippen molar-refractivity contribution in [3.8, 4) is 17.4 Å². The standard InChI is InChI=1S/C15H12ClFNO4/c1-9(15(19)20-2)21-14-13(4-3-7-18-14)22-12-6-5-10(17)8-11(12)16/h3-4,6-9H,1-2H3. The molecule has 1 aromatic carbocycles. The lowest BCUT2D eigenvalue weighted by molar-refractivity contribution is -0.148. The summed E-state index contributed by atoms with van der Waals surface area (Å²) in [6.45, 7) is 1.52. The molecule has 2 rings (SSSR count). The van der Waals surface area contributed by atoms with Gasteiger partial charge < -0.3 is 14.2 Å². The zero-order valence-electron chi connectivity index (χ0n) is 11.8. The smallest absolute Gasteiger partial charge is 0.346 e. The molecule has 0 aliphatic heterocycles. The minimum absolute atomic E-state index is 0.0760. The van der Waals surface area contributed by atoms with Crippen LogP contribution in [0.25, 0.3) is 0 Å². The van der Waals surface area contributed by atoms with Gasteiger partial charge in [-0.25, -0.2) is 14.2 Å². The van der Waals surface area contributed by atoms with E-state index in [1.165, 1.54) is 26.3 Å². The third-order valence-corrected chi connectivity index (χ3v) is 2.90. The minimum atomic E-state index is -0.863. The number of aromatic nitrogens is 1. The number of nitrogens with zero attached hydrogens (tertiary/aromatic N) is 1. The molecule has 5 nitrogen and oxygen atoms in total. The molecule has 22 heavy (non-hydrogen) atoms. The first kappa shape index (κ1) is 16.0. The molecule has 1 aromatic heterocycles. The molecule has 2 aromatic rings. The lowest BCUT2D eigenvalue weighted by Gasteiger charge is -2.15. The second-order valence-electron chi connectivity index (χ2n) is 4.19. The van der Waals surface area contributed by atoms with Crippen LogP contribution in [0.15, 0.2) is 30.5 Å². The number of carbonyl (C=O) groups is 1. The molecule has 7 heteroatoms. The van der Waals surface area contributed by atoms with Crippen molar-refractivity contribution in [2.24, 2.45) is 0 Å². The fourth-order valence-electron chi connectivity index (χ4n) is 1.55. The van der Waals surface area contributed by atoms with Crippen LogP contribution in [0.2, 0.25) is 5.02 Å². The number of hydrogen-bond donors (Lipinski definition) is 0. The van der Waals surface area contributed by atoms with Gasteiger partial charge in [0.2, 0.25) is 0 Å². The second kappa shape index (κ2) is 7.09. The first-order valence-corrected chi connectivity index (χ1v) is 6.63. The van der Waals surface area contributed by atoms with E-state index in [-0.39, 0.29) is 22.4 Å². The van der Waals surface area contributed by atoms with Crippen LogP contribution in [0.5, 0.6) is 17.4 Å². The number of pyridine rings is 1. The third kappa shape index (κ3) is 3.85. The van der Waals surface area contributed by atoms with E-state index in [1.54, 1.807) is 12.1 Å². The molecule has 0 fully saturated rings. The van der Waals surface area contributed by atoms with Crippen molar-refractivity contribution < 1.29 is 23.4 Å². The van der Waals surface area contributed by atoms with Crippen LogP contribution in [-0.2, 0) is 9.53 Å². The average Bonchev–Trinajstić information content (AvgIpc) is 2.50. The van der Waals surface area contributed by atoms with E-state index < -0.39 is 17.9 Å². The SMILES string of the molecule is COC(=O)C(C)Oc1ncccc1Oc1c[c]c(F)cc1Cl. The number of ether oxygens (including phenoxy) is 3. The first-order chi connectivity index (χ1) is 10.5. The van der Waals surface area contributed by atoms with E-state index in [0.29, 0.717) is 0 Å². The van der Waals surface area contributed by atoms with Crippen LogP contribution in [0.3, 0.4) is 0 Å². The Balaban J connectivity index is 2.23. The van der Waals surface area contributed by atoms with Gasteiger partial charge in [0.05, 0.1) is 12.1 Å². The number of rotatable bonds is 5. The summed E-state index contributed by atoms with van der Waals surface area (Å²) in [7, 11) is 1.26. The van der Waals surface area contributed by atoms with E-state index in [2.05, 4.69) is 15.8 Å². The Morgan fingerprint density at radius 3 is 2.91 bits per heavy atom. The summed E-state index contributed by atoms with van der Waals surface area (Å²) in [4.78, 5) is 15.4. The molecule has 0 aliphatic rings. The molecule has 1 heterocycles. The van der Waals surface area contributed by atoms with Crippen molar-refractivity contribution in [2.75, 3.05) is 7.11 Å². The molecular formula is C15H12ClFNO4. The number of hydrogen-bond acceptors (Lipinski definition) is 5. The molecule has 1 unspecified atom stereocenters. The minimum Gasteiger partial charge on any atom is -0.466 e. The van der Waals surface area contributed by atoms with E-state index in [1.807, 2.05) is 0 Å². The third-order valence-electron chi connectivity index (χ3n) is 2.61. The van der Waals surface area contributed by atoms with Crippen molar-refractivity contribution in [1.29, 1.82) is 0 Å². The summed E-state index contributed by atoms with van der Waals surface area (Å²) in [5.41, 5.74) is 0. The predicted molar refractivity (Wildman–Crippen MR) is 76.7 cm³/mol. The van der Waals surface area contributed by atoms with Gasteiger partial charge in [0, 0.05) is 12.3 Å². The van der Waals surface area contributed by atoms with Gasteiger partial charge in [-0.2, -0.15) is 0 Å². The summed E-state index contributed by atoms with van der Waals surface area (Å²) >= 11 is 5.89. The van der Waals surface area contributed by atoms with Crippen molar-refractivity contribution >= 4 is 17.6 Å². The fraction of sp³-hybridized carbons (Fsp3) is 0.200. The summed E-state index contributed by atoms with van der Waals surface area (Å²) in [6, 6.07) is 7.87. The van der Waals surface area contributed by atoms with Crippen LogP contribution in [0, 0.1) is 11.9 Å². The van der Waals surface area contributed by atoms with Crippen LogP contribution < -0.4 is 9.47 Å². The number of halogens is 2. The van der Waals surface area contributed by atoms with Crippen molar-refractivity contribution in [3.63, 3.8) is 0 Å². The lowest BCUT2D eigenvalue weighted by Crippen LogP contribution is -2.25. The Morgan fingerprint density at radius 1 is 1.45 bits per heavy atom. The Hall–Kier alpha value is -2.34. The van der Waals surface area contributed by atoms with Crippen LogP contribution in [0.1, 0.15) is 6.92 Å². The fourth-order valence-corrected chi connectivity index (χ4v) is 1.74. The summed E-state index contributed by atoms with van der Waals surface area (Å²) in [5.74, 6) is -0.656. The Labute approximate surface area is 131 Å². The number of methoxy groups -OCH3 is 1. The van der Waals surface area contributed by atoms with E-state index in [0.717, 1.165) is 6.07 Å². The number of carbonyl (C=O) groups excluding carboxylic acids is 1. The van der Waals surface area contributed by atoms with Gasteiger partial charge in [-0.15, -0.1) is 0 Å². The first-order valence-electron chi connectivity index (χ1n) is 6.25. The van der Waals surface area contributed by atoms with Gasteiger partial charge >= 0.3 is 5.97 Å². The van der Waals surface area contributed by atoms with Gasteiger partial charge in [-0.3, -0.25) is 0 Å².